The van der Waals surface area contributed by atoms with Crippen molar-refractivity contribution in [2.24, 2.45) is 0 Å². The Morgan fingerprint density at radius 1 is 1.29 bits per heavy atom. The van der Waals surface area contributed by atoms with E-state index in [2.05, 4.69) is 22.6 Å². The number of nitro groups is 1. The summed E-state index contributed by atoms with van der Waals surface area (Å²) in [6, 6.07) is 9.31. The lowest BCUT2D eigenvalue weighted by Gasteiger charge is -2.33. The van der Waals surface area contributed by atoms with Crippen LogP contribution in [0.25, 0.3) is 0 Å². The largest absolute Gasteiger partial charge is 0.323 e. The van der Waals surface area contributed by atoms with Gasteiger partial charge in [0.15, 0.2) is 0 Å². The zero-order valence-corrected chi connectivity index (χ0v) is 19.7. The number of hydrogen-bond acceptors (Lipinski definition) is 5. The fourth-order valence-corrected chi connectivity index (χ4v) is 4.02. The Bertz CT molecular complexity index is 1060. The van der Waals surface area contributed by atoms with Gasteiger partial charge in [-0.2, -0.15) is 0 Å². The molecule has 1 aliphatic rings. The van der Waals surface area contributed by atoms with E-state index in [1.54, 1.807) is 31.2 Å². The van der Waals surface area contributed by atoms with E-state index in [0.717, 1.165) is 14.5 Å². The van der Waals surface area contributed by atoms with Gasteiger partial charge in [-0.25, -0.2) is 4.90 Å². The van der Waals surface area contributed by atoms with Crippen molar-refractivity contribution in [2.75, 3.05) is 4.90 Å². The van der Waals surface area contributed by atoms with Crippen LogP contribution in [0.2, 0.25) is 5.02 Å². The molecule has 162 valence electrons. The summed E-state index contributed by atoms with van der Waals surface area (Å²) in [5.74, 6) is -1.47. The van der Waals surface area contributed by atoms with Crippen molar-refractivity contribution in [1.82, 2.24) is 4.90 Å². The van der Waals surface area contributed by atoms with Gasteiger partial charge in [-0.3, -0.25) is 24.5 Å². The summed E-state index contributed by atoms with van der Waals surface area (Å²) in [5.41, 5.74) is 0.0759. The quantitative estimate of drug-likeness (QED) is 0.227. The van der Waals surface area contributed by atoms with Crippen LogP contribution < -0.4 is 4.90 Å². The van der Waals surface area contributed by atoms with E-state index >= 15 is 0 Å². The highest BCUT2D eigenvalue weighted by Crippen LogP contribution is 2.31. The average Bonchev–Trinajstić information content (AvgIpc) is 3.02. The molecule has 0 saturated carbocycles. The molecule has 2 atom stereocenters. The van der Waals surface area contributed by atoms with Gasteiger partial charge in [0.25, 0.3) is 17.5 Å². The summed E-state index contributed by atoms with van der Waals surface area (Å²) in [5, 5.41) is 11.1. The maximum atomic E-state index is 13.3. The average molecular weight is 556 g/mol. The van der Waals surface area contributed by atoms with E-state index in [4.69, 9.17) is 11.6 Å². The third-order valence-corrected chi connectivity index (χ3v) is 6.27. The lowest BCUT2D eigenvalue weighted by atomic mass is 10.1. The van der Waals surface area contributed by atoms with E-state index in [1.165, 1.54) is 17.0 Å². The van der Waals surface area contributed by atoms with Crippen molar-refractivity contribution in [3.8, 4) is 0 Å². The Labute approximate surface area is 197 Å². The zero-order chi connectivity index (χ0) is 22.9. The van der Waals surface area contributed by atoms with Gasteiger partial charge in [0.05, 0.1) is 17.0 Å². The van der Waals surface area contributed by atoms with Crippen LogP contribution >= 0.6 is 34.2 Å². The summed E-state index contributed by atoms with van der Waals surface area (Å²) in [4.78, 5) is 52.2. The molecule has 2 aromatic rings. The molecule has 0 bridgehead atoms. The number of nitro benzene ring substituents is 1. The number of carbonyl (C=O) groups excluding carboxylic acids is 3. The second-order valence-corrected chi connectivity index (χ2v) is 8.81. The summed E-state index contributed by atoms with van der Waals surface area (Å²) >= 11 is 7.98. The molecular formula is C21H19ClIN3O5. The van der Waals surface area contributed by atoms with Gasteiger partial charge in [-0.15, -0.1) is 0 Å². The second kappa shape index (κ2) is 9.31. The maximum absolute atomic E-state index is 13.3. The lowest BCUT2D eigenvalue weighted by Crippen LogP contribution is -2.49. The molecule has 0 aromatic heterocycles. The topological polar surface area (TPSA) is 101 Å². The third kappa shape index (κ3) is 4.57. The summed E-state index contributed by atoms with van der Waals surface area (Å²) in [7, 11) is 0. The summed E-state index contributed by atoms with van der Waals surface area (Å²) in [6.45, 7) is 3.63. The number of benzene rings is 2. The SMILES string of the molecule is CCC(C)N(C(=O)c1ccc(Cl)c([N+](=O)[O-])c1)C1CC(=O)N(c2ccc(I)cc2)C1=O. The molecule has 10 heteroatoms. The molecule has 2 aromatic carbocycles. The highest BCUT2D eigenvalue weighted by Gasteiger charge is 2.45. The Hall–Kier alpha value is -2.53. The highest BCUT2D eigenvalue weighted by molar-refractivity contribution is 14.1. The monoisotopic (exact) mass is 555 g/mol. The van der Waals surface area contributed by atoms with E-state index < -0.39 is 34.4 Å². The molecule has 0 spiro atoms. The first-order valence-electron chi connectivity index (χ1n) is 9.54. The highest BCUT2D eigenvalue weighted by atomic mass is 127. The standard InChI is InChI=1S/C21H19ClIN3O5/c1-3-12(2)24(20(28)13-4-9-16(22)17(10-13)26(30)31)18-11-19(27)25(21(18)29)15-7-5-14(23)6-8-15/h4-10,12,18H,3,11H2,1-2H3. The predicted octanol–water partition coefficient (Wildman–Crippen LogP) is 4.43. The fourth-order valence-electron chi connectivity index (χ4n) is 3.47. The summed E-state index contributed by atoms with van der Waals surface area (Å²) < 4.78 is 0.956. The zero-order valence-electron chi connectivity index (χ0n) is 16.7. The van der Waals surface area contributed by atoms with E-state index in [1.807, 2.05) is 6.92 Å². The van der Waals surface area contributed by atoms with Crippen molar-refractivity contribution in [3.63, 3.8) is 0 Å². The number of halogens is 2. The van der Waals surface area contributed by atoms with Crippen LogP contribution in [0.3, 0.4) is 0 Å². The molecule has 3 amide bonds. The van der Waals surface area contributed by atoms with Crippen LogP contribution in [0.4, 0.5) is 11.4 Å². The number of nitrogens with zero attached hydrogens (tertiary/aromatic N) is 3. The minimum atomic E-state index is -0.996. The lowest BCUT2D eigenvalue weighted by molar-refractivity contribution is -0.384. The van der Waals surface area contributed by atoms with Crippen molar-refractivity contribution in [1.29, 1.82) is 0 Å². The van der Waals surface area contributed by atoms with Crippen LogP contribution in [0.15, 0.2) is 42.5 Å². The van der Waals surface area contributed by atoms with Gasteiger partial charge in [-0.05, 0) is 72.3 Å². The van der Waals surface area contributed by atoms with E-state index in [0.29, 0.717) is 12.1 Å². The second-order valence-electron chi connectivity index (χ2n) is 7.16. The van der Waals surface area contributed by atoms with Crippen LogP contribution in [-0.2, 0) is 9.59 Å². The van der Waals surface area contributed by atoms with Gasteiger partial charge in [-0.1, -0.05) is 18.5 Å². The van der Waals surface area contributed by atoms with Gasteiger partial charge in [0.1, 0.15) is 11.1 Å². The minimum absolute atomic E-state index is 0.0318. The van der Waals surface area contributed by atoms with Crippen LogP contribution in [-0.4, -0.2) is 39.6 Å². The number of carbonyl (C=O) groups is 3. The molecule has 2 unspecified atom stereocenters. The van der Waals surface area contributed by atoms with E-state index in [9.17, 15) is 24.5 Å². The molecule has 0 N–H and O–H groups in total. The van der Waals surface area contributed by atoms with Crippen LogP contribution in [0.5, 0.6) is 0 Å². The van der Waals surface area contributed by atoms with Gasteiger partial charge < -0.3 is 4.90 Å². The molecular weight excluding hydrogens is 537 g/mol. The number of anilines is 1. The molecule has 1 aliphatic heterocycles. The Kier molecular flexibility index (Phi) is 6.95. The molecule has 1 fully saturated rings. The Balaban J connectivity index is 1.98. The van der Waals surface area contributed by atoms with Crippen LogP contribution in [0, 0.1) is 13.7 Å². The molecule has 0 radical (unpaired) electrons. The van der Waals surface area contributed by atoms with Crippen molar-refractivity contribution >= 4 is 63.3 Å². The summed E-state index contributed by atoms with van der Waals surface area (Å²) in [6.07, 6.45) is 0.375. The van der Waals surface area contributed by atoms with Crippen molar-refractivity contribution in [3.05, 3.63) is 66.7 Å². The first-order chi connectivity index (χ1) is 14.6. The normalized spacial score (nSPS) is 17.0. The molecule has 3 rings (SSSR count). The van der Waals surface area contributed by atoms with Crippen LogP contribution in [0.1, 0.15) is 37.0 Å². The number of imide groups is 1. The van der Waals surface area contributed by atoms with Gasteiger partial charge in [0, 0.05) is 21.2 Å². The third-order valence-electron chi connectivity index (χ3n) is 5.23. The number of hydrogen-bond donors (Lipinski definition) is 0. The smallest absolute Gasteiger partial charge is 0.288 e. The van der Waals surface area contributed by atoms with Crippen molar-refractivity contribution < 1.29 is 19.3 Å². The predicted molar refractivity (Wildman–Crippen MR) is 124 cm³/mol. The molecule has 1 heterocycles. The Morgan fingerprint density at radius 2 is 1.94 bits per heavy atom. The van der Waals surface area contributed by atoms with Crippen molar-refractivity contribution in [2.45, 2.75) is 38.8 Å². The molecule has 0 aliphatic carbocycles. The van der Waals surface area contributed by atoms with E-state index in [-0.39, 0.29) is 23.0 Å². The molecule has 1 saturated heterocycles. The maximum Gasteiger partial charge on any atom is 0.288 e. The van der Waals surface area contributed by atoms with Gasteiger partial charge in [0.2, 0.25) is 5.91 Å². The van der Waals surface area contributed by atoms with Gasteiger partial charge >= 0.3 is 0 Å². The number of amides is 3. The first kappa shape index (κ1) is 23.1. The minimum Gasteiger partial charge on any atom is -0.323 e. The first-order valence-corrected chi connectivity index (χ1v) is 11.0. The molecule has 31 heavy (non-hydrogen) atoms. The Morgan fingerprint density at radius 3 is 2.52 bits per heavy atom. The molecule has 8 nitrogen and oxygen atoms in total. The number of rotatable bonds is 6. The fraction of sp³-hybridized carbons (Fsp3) is 0.286.